The van der Waals surface area contributed by atoms with E-state index in [0.29, 0.717) is 17.7 Å². The molecule has 92 valence electrons. The number of hydrogen-bond donors (Lipinski definition) is 1. The molecule has 2 aliphatic rings. The van der Waals surface area contributed by atoms with Crippen molar-refractivity contribution in [1.29, 1.82) is 0 Å². The minimum Gasteiger partial charge on any atom is -0.383 e. The van der Waals surface area contributed by atoms with Gasteiger partial charge < -0.3 is 10.5 Å². The molecule has 0 saturated heterocycles. The third-order valence-electron chi connectivity index (χ3n) is 3.44. The van der Waals surface area contributed by atoms with Gasteiger partial charge in [0.1, 0.15) is 11.9 Å². The van der Waals surface area contributed by atoms with Crippen LogP contribution >= 0.6 is 22.6 Å². The van der Waals surface area contributed by atoms with Gasteiger partial charge in [0, 0.05) is 13.0 Å². The van der Waals surface area contributed by atoms with E-state index in [0.717, 1.165) is 15.1 Å². The first kappa shape index (κ1) is 11.6. The molecule has 2 saturated carbocycles. The van der Waals surface area contributed by atoms with Gasteiger partial charge in [-0.15, -0.1) is 0 Å². The van der Waals surface area contributed by atoms with Crippen LogP contribution in [0.25, 0.3) is 0 Å². The number of nitrogens with zero attached hydrogens (tertiary/aromatic N) is 2. The van der Waals surface area contributed by atoms with E-state index >= 15 is 0 Å². The zero-order valence-electron chi connectivity index (χ0n) is 9.82. The molecule has 0 spiro atoms. The molecule has 2 aliphatic carbocycles. The van der Waals surface area contributed by atoms with Crippen LogP contribution in [0.15, 0.2) is 0 Å². The predicted molar refractivity (Wildman–Crippen MR) is 73.6 cm³/mol. The Morgan fingerprint density at radius 1 is 1.29 bits per heavy atom. The van der Waals surface area contributed by atoms with Crippen molar-refractivity contribution in [2.45, 2.75) is 37.7 Å². The number of hydrogen-bond acceptors (Lipinski definition) is 4. The second kappa shape index (κ2) is 4.35. The van der Waals surface area contributed by atoms with Crippen molar-refractivity contribution < 1.29 is 4.74 Å². The number of aromatic nitrogens is 2. The van der Waals surface area contributed by atoms with Crippen LogP contribution in [0.4, 0.5) is 5.82 Å². The van der Waals surface area contributed by atoms with Gasteiger partial charge in [-0.2, -0.15) is 0 Å². The van der Waals surface area contributed by atoms with Crippen molar-refractivity contribution in [3.05, 3.63) is 15.1 Å². The minimum absolute atomic E-state index is 0.0341. The number of ether oxygens (including phenoxy) is 1. The first-order valence-corrected chi connectivity index (χ1v) is 7.14. The lowest BCUT2D eigenvalue weighted by Crippen LogP contribution is -2.13. The van der Waals surface area contributed by atoms with Crippen LogP contribution in [0.1, 0.15) is 49.2 Å². The molecule has 5 heteroatoms. The highest BCUT2D eigenvalue weighted by molar-refractivity contribution is 14.1. The molecule has 4 nitrogen and oxygen atoms in total. The summed E-state index contributed by atoms with van der Waals surface area (Å²) in [7, 11) is 1.73. The highest BCUT2D eigenvalue weighted by Gasteiger charge is 2.36. The molecule has 0 amide bonds. The molecular weight excluding hydrogens is 329 g/mol. The molecule has 0 aromatic carbocycles. The molecule has 1 heterocycles. The van der Waals surface area contributed by atoms with E-state index in [2.05, 4.69) is 27.6 Å². The van der Waals surface area contributed by atoms with Crippen LogP contribution in [0.3, 0.4) is 0 Å². The summed E-state index contributed by atoms with van der Waals surface area (Å²) in [6.45, 7) is 0. The summed E-state index contributed by atoms with van der Waals surface area (Å²) >= 11 is 2.25. The second-order valence-electron chi connectivity index (χ2n) is 4.93. The highest BCUT2D eigenvalue weighted by Crippen LogP contribution is 2.45. The summed E-state index contributed by atoms with van der Waals surface area (Å²) in [6.07, 6.45) is 4.92. The second-order valence-corrected chi connectivity index (χ2v) is 6.01. The van der Waals surface area contributed by atoms with Crippen LogP contribution in [0.5, 0.6) is 0 Å². The average Bonchev–Trinajstić information content (AvgIpc) is 3.15. The van der Waals surface area contributed by atoms with Crippen molar-refractivity contribution in [2.75, 3.05) is 12.8 Å². The van der Waals surface area contributed by atoms with Gasteiger partial charge in [-0.1, -0.05) is 0 Å². The van der Waals surface area contributed by atoms with Crippen molar-refractivity contribution in [1.82, 2.24) is 9.97 Å². The molecule has 1 atom stereocenters. The van der Waals surface area contributed by atoms with Gasteiger partial charge in [0.05, 0.1) is 9.26 Å². The zero-order valence-corrected chi connectivity index (χ0v) is 12.0. The first-order valence-electron chi connectivity index (χ1n) is 6.06. The molecule has 17 heavy (non-hydrogen) atoms. The fraction of sp³-hybridized carbons (Fsp3) is 0.667. The fourth-order valence-electron chi connectivity index (χ4n) is 2.16. The maximum atomic E-state index is 5.99. The number of halogens is 1. The molecule has 1 aromatic rings. The van der Waals surface area contributed by atoms with E-state index < -0.39 is 0 Å². The van der Waals surface area contributed by atoms with Crippen molar-refractivity contribution >= 4 is 28.4 Å². The summed E-state index contributed by atoms with van der Waals surface area (Å²) in [5.41, 5.74) is 7.12. The van der Waals surface area contributed by atoms with Gasteiger partial charge in [-0.05, 0) is 54.2 Å². The maximum absolute atomic E-state index is 5.99. The van der Waals surface area contributed by atoms with E-state index in [1.807, 2.05) is 0 Å². The van der Waals surface area contributed by atoms with E-state index in [4.69, 9.17) is 15.5 Å². The summed E-state index contributed by atoms with van der Waals surface area (Å²) in [6, 6.07) is 0. The Labute approximate surface area is 114 Å². The lowest BCUT2D eigenvalue weighted by atomic mass is 10.2. The molecule has 3 rings (SSSR count). The van der Waals surface area contributed by atoms with Gasteiger partial charge >= 0.3 is 0 Å². The molecule has 1 aromatic heterocycles. The molecule has 0 radical (unpaired) electrons. The van der Waals surface area contributed by atoms with Gasteiger partial charge in [0.15, 0.2) is 5.82 Å². The van der Waals surface area contributed by atoms with Gasteiger partial charge in [-0.3, -0.25) is 0 Å². The lowest BCUT2D eigenvalue weighted by Gasteiger charge is -2.15. The molecule has 1 unspecified atom stereocenters. The molecule has 0 aliphatic heterocycles. The topological polar surface area (TPSA) is 61.0 Å². The largest absolute Gasteiger partial charge is 0.383 e. The third-order valence-corrected chi connectivity index (χ3v) is 4.55. The van der Waals surface area contributed by atoms with Gasteiger partial charge in [-0.25, -0.2) is 9.97 Å². The highest BCUT2D eigenvalue weighted by atomic mass is 127. The summed E-state index contributed by atoms with van der Waals surface area (Å²) < 4.78 is 6.55. The average molecular weight is 345 g/mol. The van der Waals surface area contributed by atoms with E-state index in [1.54, 1.807) is 7.11 Å². The Hall–Kier alpha value is -0.430. The number of anilines is 1. The Bertz CT molecular complexity index is 444. The summed E-state index contributed by atoms with van der Waals surface area (Å²) in [5, 5.41) is 0. The van der Waals surface area contributed by atoms with E-state index in [-0.39, 0.29) is 6.10 Å². The Morgan fingerprint density at radius 2 is 2.00 bits per heavy atom. The Balaban J connectivity index is 1.98. The van der Waals surface area contributed by atoms with Crippen molar-refractivity contribution in [2.24, 2.45) is 5.92 Å². The monoisotopic (exact) mass is 345 g/mol. The van der Waals surface area contributed by atoms with Gasteiger partial charge in [0.25, 0.3) is 0 Å². The van der Waals surface area contributed by atoms with Crippen molar-refractivity contribution in [3.63, 3.8) is 0 Å². The van der Waals surface area contributed by atoms with Crippen molar-refractivity contribution in [3.8, 4) is 0 Å². The van der Waals surface area contributed by atoms with E-state index in [1.165, 1.54) is 25.7 Å². The van der Waals surface area contributed by atoms with Crippen LogP contribution in [0, 0.1) is 9.49 Å². The maximum Gasteiger partial charge on any atom is 0.160 e. The molecular formula is C12H16IN3O. The van der Waals surface area contributed by atoms with Crippen LogP contribution in [-0.4, -0.2) is 17.1 Å². The SMILES string of the molecule is COC(c1nc(N)c(I)c(C2CC2)n1)C1CC1. The fourth-order valence-corrected chi connectivity index (χ4v) is 2.84. The van der Waals surface area contributed by atoms with E-state index in [9.17, 15) is 0 Å². The van der Waals surface area contributed by atoms with Crippen LogP contribution < -0.4 is 5.73 Å². The molecule has 2 fully saturated rings. The number of nitrogen functional groups attached to an aromatic ring is 1. The molecule has 2 N–H and O–H groups in total. The standard InChI is InChI=1S/C12H16IN3O/c1-17-10(7-4-5-7)12-15-9(6-2-3-6)8(13)11(14)16-12/h6-7,10H,2-5H2,1H3,(H2,14,15,16). The summed E-state index contributed by atoms with van der Waals surface area (Å²) in [5.74, 6) is 2.59. The van der Waals surface area contributed by atoms with Gasteiger partial charge in [0.2, 0.25) is 0 Å². The Kier molecular flexibility index (Phi) is 2.98. The first-order chi connectivity index (χ1) is 8.20. The third kappa shape index (κ3) is 2.27. The number of rotatable bonds is 4. The Morgan fingerprint density at radius 3 is 2.53 bits per heavy atom. The lowest BCUT2D eigenvalue weighted by molar-refractivity contribution is 0.0771. The number of methoxy groups -OCH3 is 1. The predicted octanol–water partition coefficient (Wildman–Crippen LogP) is 2.64. The van der Waals surface area contributed by atoms with Crippen LogP contribution in [0.2, 0.25) is 0 Å². The number of nitrogens with two attached hydrogens (primary N) is 1. The quantitative estimate of drug-likeness (QED) is 0.853. The minimum atomic E-state index is 0.0341. The molecule has 0 bridgehead atoms. The zero-order chi connectivity index (χ0) is 12.0. The normalized spacial score (nSPS) is 21.5. The van der Waals surface area contributed by atoms with Crippen LogP contribution in [-0.2, 0) is 4.74 Å². The smallest absolute Gasteiger partial charge is 0.160 e. The summed E-state index contributed by atoms with van der Waals surface area (Å²) in [4.78, 5) is 9.11.